The van der Waals surface area contributed by atoms with E-state index in [1.54, 1.807) is 7.11 Å². The van der Waals surface area contributed by atoms with E-state index in [1.807, 2.05) is 0 Å². The van der Waals surface area contributed by atoms with Crippen LogP contribution in [0.15, 0.2) is 22.7 Å². The van der Waals surface area contributed by atoms with Crippen molar-refractivity contribution in [3.63, 3.8) is 0 Å². The quantitative estimate of drug-likeness (QED) is 0.835. The molecule has 1 heterocycles. The minimum absolute atomic E-state index is 0.479. The second kappa shape index (κ2) is 6.61. The molecule has 0 atom stereocenters. The Hall–Kier alpha value is -1.04. The van der Waals surface area contributed by atoms with Gasteiger partial charge in [-0.1, -0.05) is 41.5 Å². The highest BCUT2D eigenvalue weighted by Crippen LogP contribution is 2.18. The lowest BCUT2D eigenvalue weighted by Crippen LogP contribution is -2.04. The van der Waals surface area contributed by atoms with Gasteiger partial charge in [0.25, 0.3) is 0 Å². The largest absolute Gasteiger partial charge is 0.378 e. The molecule has 0 saturated carbocycles. The molecule has 106 valence electrons. The van der Waals surface area contributed by atoms with Crippen LogP contribution in [0.3, 0.4) is 0 Å². The molecule has 0 aliphatic carbocycles. The van der Waals surface area contributed by atoms with Gasteiger partial charge in [-0.25, -0.2) is 4.98 Å². The Morgan fingerprint density at radius 2 is 1.90 bits per heavy atom. The van der Waals surface area contributed by atoms with E-state index in [2.05, 4.69) is 57.9 Å². The molecule has 2 rings (SSSR count). The standard InChI is InChI=1S/C15H17BrN2OS/c1-9-4-10(2)6-11(5-9)7-13-17-12(8-19-3)14(16)15(20)18-13/h4-6H,7-8H2,1-3H3,(H,17,18,20). The molecule has 0 aliphatic rings. The maximum atomic E-state index is 5.28. The van der Waals surface area contributed by atoms with Gasteiger partial charge in [0.05, 0.1) is 16.8 Å². The highest BCUT2D eigenvalue weighted by Gasteiger charge is 2.07. The smallest absolute Gasteiger partial charge is 0.144 e. The van der Waals surface area contributed by atoms with Crippen LogP contribution in [0.5, 0.6) is 0 Å². The molecule has 0 amide bonds. The topological polar surface area (TPSA) is 37.9 Å². The van der Waals surface area contributed by atoms with Crippen molar-refractivity contribution in [2.24, 2.45) is 0 Å². The number of aromatic nitrogens is 2. The zero-order valence-electron chi connectivity index (χ0n) is 11.8. The number of halogens is 1. The van der Waals surface area contributed by atoms with Gasteiger partial charge in [-0.05, 0) is 35.3 Å². The lowest BCUT2D eigenvalue weighted by atomic mass is 10.0. The third kappa shape index (κ3) is 3.75. The van der Waals surface area contributed by atoms with E-state index >= 15 is 0 Å². The number of ether oxygens (including phenoxy) is 1. The van der Waals surface area contributed by atoms with Gasteiger partial charge in [-0.15, -0.1) is 0 Å². The van der Waals surface area contributed by atoms with Gasteiger partial charge in [-0.3, -0.25) is 0 Å². The van der Waals surface area contributed by atoms with Crippen LogP contribution in [0.1, 0.15) is 28.2 Å². The fourth-order valence-corrected chi connectivity index (χ4v) is 2.79. The van der Waals surface area contributed by atoms with Crippen LogP contribution in [0.2, 0.25) is 0 Å². The number of hydrogen-bond donors (Lipinski definition) is 1. The summed E-state index contributed by atoms with van der Waals surface area (Å²) >= 11 is 8.72. The summed E-state index contributed by atoms with van der Waals surface area (Å²) in [4.78, 5) is 7.72. The van der Waals surface area contributed by atoms with Crippen LogP contribution in [0, 0.1) is 18.5 Å². The minimum atomic E-state index is 0.479. The number of methoxy groups -OCH3 is 1. The lowest BCUT2D eigenvalue weighted by molar-refractivity contribution is 0.180. The fraction of sp³-hybridized carbons (Fsp3) is 0.333. The molecule has 0 bridgehead atoms. The number of benzene rings is 1. The van der Waals surface area contributed by atoms with Gasteiger partial charge >= 0.3 is 0 Å². The Kier molecular flexibility index (Phi) is 5.07. The van der Waals surface area contributed by atoms with Crippen LogP contribution in [-0.4, -0.2) is 17.1 Å². The zero-order valence-corrected chi connectivity index (χ0v) is 14.2. The summed E-state index contributed by atoms with van der Waals surface area (Å²) in [6, 6.07) is 6.50. The highest BCUT2D eigenvalue weighted by atomic mass is 79.9. The number of hydrogen-bond acceptors (Lipinski definition) is 3. The van der Waals surface area contributed by atoms with Crippen molar-refractivity contribution in [2.75, 3.05) is 7.11 Å². The summed E-state index contributed by atoms with van der Waals surface area (Å²) in [5.41, 5.74) is 4.67. The van der Waals surface area contributed by atoms with Crippen molar-refractivity contribution in [2.45, 2.75) is 26.9 Å². The van der Waals surface area contributed by atoms with E-state index in [1.165, 1.54) is 16.7 Å². The monoisotopic (exact) mass is 352 g/mol. The molecule has 0 radical (unpaired) electrons. The van der Waals surface area contributed by atoms with Crippen LogP contribution in [-0.2, 0) is 17.8 Å². The first-order valence-electron chi connectivity index (χ1n) is 6.33. The average Bonchev–Trinajstić information content (AvgIpc) is 2.34. The van der Waals surface area contributed by atoms with Crippen LogP contribution >= 0.6 is 28.1 Å². The molecule has 3 nitrogen and oxygen atoms in total. The summed E-state index contributed by atoms with van der Waals surface area (Å²) < 4.78 is 6.54. The molecule has 5 heteroatoms. The van der Waals surface area contributed by atoms with Gasteiger partial charge in [-0.2, -0.15) is 0 Å². The minimum Gasteiger partial charge on any atom is -0.378 e. The average molecular weight is 353 g/mol. The Labute approximate surface area is 132 Å². The summed E-state index contributed by atoms with van der Waals surface area (Å²) in [5, 5.41) is 0. The summed E-state index contributed by atoms with van der Waals surface area (Å²) in [7, 11) is 1.66. The van der Waals surface area contributed by atoms with Crippen LogP contribution in [0.4, 0.5) is 0 Å². The molecule has 0 saturated heterocycles. The molecule has 0 unspecified atom stereocenters. The van der Waals surface area contributed by atoms with Gasteiger partial charge in [0.1, 0.15) is 10.5 Å². The zero-order chi connectivity index (χ0) is 14.7. The van der Waals surface area contributed by atoms with E-state index in [-0.39, 0.29) is 0 Å². The molecule has 1 N–H and O–H groups in total. The first kappa shape index (κ1) is 15.4. The Morgan fingerprint density at radius 3 is 2.50 bits per heavy atom. The maximum absolute atomic E-state index is 5.28. The number of rotatable bonds is 4. The normalized spacial score (nSPS) is 10.8. The molecule has 0 spiro atoms. The van der Waals surface area contributed by atoms with Crippen molar-refractivity contribution in [3.05, 3.63) is 55.5 Å². The predicted molar refractivity (Wildman–Crippen MR) is 86.6 cm³/mol. The number of aryl methyl sites for hydroxylation is 2. The first-order valence-corrected chi connectivity index (χ1v) is 7.53. The Balaban J connectivity index is 2.36. The van der Waals surface area contributed by atoms with E-state index < -0.39 is 0 Å². The molecule has 0 aliphatic heterocycles. The highest BCUT2D eigenvalue weighted by molar-refractivity contribution is 9.10. The third-order valence-electron chi connectivity index (χ3n) is 2.93. The molecule has 1 aromatic carbocycles. The van der Waals surface area contributed by atoms with Crippen molar-refractivity contribution in [3.8, 4) is 0 Å². The first-order chi connectivity index (χ1) is 9.49. The van der Waals surface area contributed by atoms with Crippen molar-refractivity contribution in [1.82, 2.24) is 9.97 Å². The lowest BCUT2D eigenvalue weighted by Gasteiger charge is -2.09. The van der Waals surface area contributed by atoms with E-state index in [0.717, 1.165) is 22.4 Å². The van der Waals surface area contributed by atoms with Crippen molar-refractivity contribution >= 4 is 28.1 Å². The van der Waals surface area contributed by atoms with Gasteiger partial charge in [0, 0.05) is 13.5 Å². The predicted octanol–water partition coefficient (Wildman–Crippen LogP) is 4.26. The molecular weight excluding hydrogens is 336 g/mol. The number of nitrogens with zero attached hydrogens (tertiary/aromatic N) is 1. The maximum Gasteiger partial charge on any atom is 0.144 e. The molecule has 20 heavy (non-hydrogen) atoms. The van der Waals surface area contributed by atoms with Gasteiger partial charge in [0.2, 0.25) is 0 Å². The Bertz CT molecular complexity index is 662. The SMILES string of the molecule is COCc1[nH]c(Cc2cc(C)cc(C)c2)nc(=S)c1Br. The second-order valence-electron chi connectivity index (χ2n) is 4.89. The summed E-state index contributed by atoms with van der Waals surface area (Å²) in [5.74, 6) is 0.857. The molecule has 2 aromatic rings. The van der Waals surface area contributed by atoms with E-state index in [9.17, 15) is 0 Å². The Morgan fingerprint density at radius 1 is 1.25 bits per heavy atom. The van der Waals surface area contributed by atoms with E-state index in [0.29, 0.717) is 11.2 Å². The fourth-order valence-electron chi connectivity index (χ4n) is 2.25. The number of aromatic amines is 1. The van der Waals surface area contributed by atoms with Crippen LogP contribution in [0.25, 0.3) is 0 Å². The molecule has 0 fully saturated rings. The van der Waals surface area contributed by atoms with Gasteiger partial charge in [0.15, 0.2) is 0 Å². The molecule has 1 aromatic heterocycles. The van der Waals surface area contributed by atoms with Crippen LogP contribution < -0.4 is 0 Å². The molecular formula is C15H17BrN2OS. The van der Waals surface area contributed by atoms with E-state index in [4.69, 9.17) is 17.0 Å². The number of H-pyrrole nitrogens is 1. The van der Waals surface area contributed by atoms with Crippen molar-refractivity contribution in [1.29, 1.82) is 0 Å². The van der Waals surface area contributed by atoms with Crippen molar-refractivity contribution < 1.29 is 4.74 Å². The number of nitrogens with one attached hydrogen (secondary N) is 1. The van der Waals surface area contributed by atoms with Gasteiger partial charge < -0.3 is 9.72 Å². The third-order valence-corrected chi connectivity index (χ3v) is 4.34. The summed E-state index contributed by atoms with van der Waals surface area (Å²) in [6.45, 7) is 4.68. The second-order valence-corrected chi connectivity index (χ2v) is 6.07. The summed E-state index contributed by atoms with van der Waals surface area (Å²) in [6.07, 6.45) is 0.732.